The van der Waals surface area contributed by atoms with Gasteiger partial charge >= 0.3 is 39.5 Å². The predicted molar refractivity (Wildman–Crippen MR) is 326 cm³/mol. The fourth-order valence-electron chi connectivity index (χ4n) is 9.22. The van der Waals surface area contributed by atoms with Crippen LogP contribution >= 0.6 is 15.6 Å². The molecule has 486 valence electrons. The molecule has 17 nitrogen and oxygen atoms in total. The molecular formula is C63H122O17P2. The van der Waals surface area contributed by atoms with Crippen LogP contribution < -0.4 is 0 Å². The van der Waals surface area contributed by atoms with Crippen LogP contribution in [-0.4, -0.2) is 96.7 Å². The molecule has 82 heavy (non-hydrogen) atoms. The summed E-state index contributed by atoms with van der Waals surface area (Å²) < 4.78 is 67.9. The second-order valence-electron chi connectivity index (χ2n) is 24.5. The Morgan fingerprint density at radius 1 is 0.341 bits per heavy atom. The Hall–Kier alpha value is -1.94. The van der Waals surface area contributed by atoms with Gasteiger partial charge in [-0.25, -0.2) is 9.13 Å². The maximum Gasteiger partial charge on any atom is 0.472 e. The van der Waals surface area contributed by atoms with E-state index in [1.165, 1.54) is 96.3 Å². The molecule has 3 N–H and O–H groups in total. The third-order valence-corrected chi connectivity index (χ3v) is 16.6. The van der Waals surface area contributed by atoms with Crippen LogP contribution in [0.25, 0.3) is 0 Å². The zero-order valence-electron chi connectivity index (χ0n) is 53.1. The second kappa shape index (κ2) is 53.3. The summed E-state index contributed by atoms with van der Waals surface area (Å²) in [4.78, 5) is 72.1. The number of phosphoric ester groups is 2. The van der Waals surface area contributed by atoms with Crippen molar-refractivity contribution in [2.45, 2.75) is 318 Å². The number of rotatable bonds is 60. The summed E-state index contributed by atoms with van der Waals surface area (Å²) in [5.41, 5.74) is 0. The molecule has 0 aliphatic rings. The van der Waals surface area contributed by atoms with Gasteiger partial charge in [-0.05, 0) is 49.4 Å². The molecule has 19 heteroatoms. The first-order chi connectivity index (χ1) is 39.1. The van der Waals surface area contributed by atoms with E-state index in [9.17, 15) is 43.2 Å². The van der Waals surface area contributed by atoms with Gasteiger partial charge in [0.15, 0.2) is 12.2 Å². The summed E-state index contributed by atoms with van der Waals surface area (Å²) in [5.74, 6) is 0.724. The number of phosphoric acid groups is 2. The third kappa shape index (κ3) is 55.9. The molecule has 0 aliphatic heterocycles. The van der Waals surface area contributed by atoms with Gasteiger partial charge in [0.2, 0.25) is 0 Å². The van der Waals surface area contributed by atoms with E-state index in [1.807, 2.05) is 0 Å². The van der Waals surface area contributed by atoms with Crippen molar-refractivity contribution in [3.8, 4) is 0 Å². The molecule has 0 spiro atoms. The molecule has 0 aromatic carbocycles. The van der Waals surface area contributed by atoms with Crippen molar-refractivity contribution >= 4 is 39.5 Å². The molecule has 4 unspecified atom stereocenters. The first kappa shape index (κ1) is 80.1. The molecule has 0 amide bonds. The van der Waals surface area contributed by atoms with E-state index in [-0.39, 0.29) is 25.7 Å². The molecule has 0 fully saturated rings. The Kier molecular flexibility index (Phi) is 52.0. The summed E-state index contributed by atoms with van der Waals surface area (Å²) in [6.07, 6.45) is 32.3. The molecule has 0 radical (unpaired) electrons. The van der Waals surface area contributed by atoms with E-state index in [1.54, 1.807) is 0 Å². The number of esters is 4. The number of unbranched alkanes of at least 4 members (excludes halogenated alkanes) is 25. The van der Waals surface area contributed by atoms with Gasteiger partial charge in [-0.2, -0.15) is 0 Å². The zero-order valence-corrected chi connectivity index (χ0v) is 54.9. The predicted octanol–water partition coefficient (Wildman–Crippen LogP) is 17.0. The number of aliphatic hydroxyl groups is 1. The highest BCUT2D eigenvalue weighted by Gasteiger charge is 2.30. The zero-order chi connectivity index (χ0) is 61.1. The highest BCUT2D eigenvalue weighted by Crippen LogP contribution is 2.45. The molecule has 0 aromatic rings. The number of carbonyl (C=O) groups excluding carboxylic acids is 4. The summed E-state index contributed by atoms with van der Waals surface area (Å²) >= 11 is 0. The fourth-order valence-corrected chi connectivity index (χ4v) is 10.8. The summed E-state index contributed by atoms with van der Waals surface area (Å²) in [5, 5.41) is 10.5. The van der Waals surface area contributed by atoms with Crippen LogP contribution in [0, 0.1) is 23.7 Å². The maximum absolute atomic E-state index is 13.0. The molecule has 0 aromatic heterocycles. The number of hydrogen-bond acceptors (Lipinski definition) is 15. The Balaban J connectivity index is 5.25. The number of hydrogen-bond donors (Lipinski definition) is 3. The Bertz CT molecular complexity index is 1650. The lowest BCUT2D eigenvalue weighted by Gasteiger charge is -2.21. The molecule has 0 aliphatic carbocycles. The van der Waals surface area contributed by atoms with Gasteiger partial charge in [-0.15, -0.1) is 0 Å². The minimum atomic E-state index is -4.94. The van der Waals surface area contributed by atoms with Gasteiger partial charge in [0.25, 0.3) is 0 Å². The molecule has 0 heterocycles. The third-order valence-electron chi connectivity index (χ3n) is 14.7. The Morgan fingerprint density at radius 3 is 0.866 bits per heavy atom. The molecule has 0 bridgehead atoms. The quantitative estimate of drug-likeness (QED) is 0.0222. The summed E-state index contributed by atoms with van der Waals surface area (Å²) in [6, 6.07) is 0. The maximum atomic E-state index is 13.0. The minimum absolute atomic E-state index is 0.101. The van der Waals surface area contributed by atoms with Crippen LogP contribution in [0.1, 0.15) is 299 Å². The van der Waals surface area contributed by atoms with Crippen molar-refractivity contribution in [2.24, 2.45) is 23.7 Å². The van der Waals surface area contributed by atoms with Gasteiger partial charge in [0, 0.05) is 25.7 Å². The van der Waals surface area contributed by atoms with Crippen LogP contribution in [0.3, 0.4) is 0 Å². The van der Waals surface area contributed by atoms with Crippen molar-refractivity contribution in [3.63, 3.8) is 0 Å². The van der Waals surface area contributed by atoms with E-state index < -0.39 is 97.5 Å². The van der Waals surface area contributed by atoms with Crippen LogP contribution in [0.15, 0.2) is 0 Å². The molecule has 0 rings (SSSR count). The SMILES string of the molecule is CCC(C)CCCCCCCCCCC(=O)O[C@H](COC(=O)CCCCCCCCCC(C)C)COP(=O)(O)OCC(O)COP(=O)(O)OC[C@@H](COC(=O)CCCCCCCCCCC(C)C)OC(=O)CCCCCCCCC(C)C. The van der Waals surface area contributed by atoms with E-state index in [2.05, 4.69) is 55.4 Å². The Labute approximate surface area is 498 Å². The smallest absolute Gasteiger partial charge is 0.462 e. The molecule has 6 atom stereocenters. The van der Waals surface area contributed by atoms with Gasteiger partial charge in [0.05, 0.1) is 26.4 Å². The average molecular weight is 1210 g/mol. The van der Waals surface area contributed by atoms with Crippen LogP contribution in [0.5, 0.6) is 0 Å². The van der Waals surface area contributed by atoms with Crippen molar-refractivity contribution in [1.82, 2.24) is 0 Å². The lowest BCUT2D eigenvalue weighted by atomic mass is 9.99. The highest BCUT2D eigenvalue weighted by atomic mass is 31.2. The minimum Gasteiger partial charge on any atom is -0.462 e. The normalized spacial score (nSPS) is 14.8. The van der Waals surface area contributed by atoms with Crippen molar-refractivity contribution in [2.75, 3.05) is 39.6 Å². The molecule has 0 saturated carbocycles. The average Bonchev–Trinajstić information content (AvgIpc) is 3.44. The highest BCUT2D eigenvalue weighted by molar-refractivity contribution is 7.47. The number of carbonyl (C=O) groups is 4. The first-order valence-corrected chi connectivity index (χ1v) is 35.7. The van der Waals surface area contributed by atoms with Crippen molar-refractivity contribution in [3.05, 3.63) is 0 Å². The standard InChI is InChI=1S/C63H122O17P2/c1-9-56(8)42-34-26-17-11-13-19-29-37-45-62(67)79-58(49-74-61(66)44-36-28-20-14-16-24-32-40-54(4)5)51-77-81(69,70)75-47-57(64)48-76-82(71,72)78-52-59(80-63(68)46-38-30-22-21-25-33-41-55(6)7)50-73-60(65)43-35-27-18-12-10-15-23-31-39-53(2)3/h53-59,64H,9-52H2,1-8H3,(H,69,70)(H,71,72)/t56?,57?,58-,59-/m1/s1. The number of aliphatic hydroxyl groups excluding tert-OH is 1. The number of ether oxygens (including phenoxy) is 4. The van der Waals surface area contributed by atoms with E-state index in [0.29, 0.717) is 37.5 Å². The largest absolute Gasteiger partial charge is 0.472 e. The van der Waals surface area contributed by atoms with Crippen molar-refractivity contribution in [1.29, 1.82) is 0 Å². The van der Waals surface area contributed by atoms with Gasteiger partial charge in [-0.1, -0.05) is 248 Å². The van der Waals surface area contributed by atoms with E-state index in [4.69, 9.17) is 37.0 Å². The molecular weight excluding hydrogens is 1090 g/mol. The van der Waals surface area contributed by atoms with E-state index in [0.717, 1.165) is 108 Å². The molecule has 0 saturated heterocycles. The van der Waals surface area contributed by atoms with E-state index >= 15 is 0 Å². The fraction of sp³-hybridized carbons (Fsp3) is 0.937. The topological polar surface area (TPSA) is 237 Å². The van der Waals surface area contributed by atoms with Gasteiger partial charge in [-0.3, -0.25) is 37.3 Å². The van der Waals surface area contributed by atoms with Crippen LogP contribution in [0.4, 0.5) is 0 Å². The Morgan fingerprint density at radius 2 is 0.585 bits per heavy atom. The van der Waals surface area contributed by atoms with Crippen LogP contribution in [0.2, 0.25) is 0 Å². The van der Waals surface area contributed by atoms with Gasteiger partial charge < -0.3 is 33.8 Å². The van der Waals surface area contributed by atoms with Crippen molar-refractivity contribution < 1.29 is 80.2 Å². The van der Waals surface area contributed by atoms with Gasteiger partial charge in [0.1, 0.15) is 19.3 Å². The summed E-state index contributed by atoms with van der Waals surface area (Å²) in [6.45, 7) is 13.9. The summed E-state index contributed by atoms with van der Waals surface area (Å²) in [7, 11) is -9.89. The lowest BCUT2D eigenvalue weighted by molar-refractivity contribution is -0.161. The lowest BCUT2D eigenvalue weighted by Crippen LogP contribution is -2.30. The van der Waals surface area contributed by atoms with Crippen LogP contribution in [-0.2, 0) is 65.4 Å². The monoisotopic (exact) mass is 1210 g/mol. The second-order valence-corrected chi connectivity index (χ2v) is 27.4. The first-order valence-electron chi connectivity index (χ1n) is 32.7.